The molecule has 0 aliphatic carbocycles. The Hall–Kier alpha value is -9.74. The van der Waals surface area contributed by atoms with E-state index >= 15 is 0 Å². The molecule has 0 bridgehead atoms. The van der Waals surface area contributed by atoms with E-state index in [9.17, 15) is 0 Å². The molecule has 0 fully saturated rings. The Morgan fingerprint density at radius 1 is 0.185 bits per heavy atom. The van der Waals surface area contributed by atoms with Gasteiger partial charge < -0.3 is 13.7 Å². The summed E-state index contributed by atoms with van der Waals surface area (Å²) >= 11 is 0. The van der Waals surface area contributed by atoms with E-state index < -0.39 is 48.4 Å². The first-order valence-corrected chi connectivity index (χ1v) is 73.6. The predicted octanol–water partition coefficient (Wildman–Crippen LogP) is 31.4. The minimum Gasteiger partial charge on any atom is -0.340 e. The van der Waals surface area contributed by atoms with E-state index in [2.05, 4.69) is 405 Å². The lowest BCUT2D eigenvalue weighted by molar-refractivity contribution is 0.541. The minimum absolute atomic E-state index is 0.799. The van der Waals surface area contributed by atoms with Gasteiger partial charge in [-0.05, 0) is 122 Å². The van der Waals surface area contributed by atoms with E-state index in [4.69, 9.17) is 0 Å². The molecule has 13 rings (SSSR count). The van der Waals surface area contributed by atoms with Crippen LogP contribution in [0.15, 0.2) is 182 Å². The number of nitrogens with zero attached hydrogens (tertiary/aromatic N) is 3. The zero-order valence-electron chi connectivity index (χ0n) is 87.0. The molecule has 0 radical (unpaired) electrons. The van der Waals surface area contributed by atoms with Crippen molar-refractivity contribution in [3.63, 3.8) is 0 Å². The van der Waals surface area contributed by atoms with Gasteiger partial charge in [0.1, 0.15) is 0 Å². The van der Waals surface area contributed by atoms with Crippen molar-refractivity contribution in [3.8, 4) is 71.0 Å². The van der Waals surface area contributed by atoms with Crippen molar-refractivity contribution in [2.75, 3.05) is 0 Å². The van der Waals surface area contributed by atoms with Crippen molar-refractivity contribution in [2.45, 2.75) is 351 Å². The Morgan fingerprint density at radius 2 is 0.393 bits per heavy atom. The highest BCUT2D eigenvalue weighted by Crippen LogP contribution is 2.50. The second kappa shape index (κ2) is 47.1. The zero-order valence-corrected chi connectivity index (χ0v) is 93.0. The van der Waals surface area contributed by atoms with Gasteiger partial charge in [0.05, 0.1) is 87.1 Å². The number of unbranched alkanes of at least 4 members (excludes halogenated alkanes) is 27. The Labute approximate surface area is 822 Å². The van der Waals surface area contributed by atoms with Crippen molar-refractivity contribution in [1.82, 2.24) is 13.7 Å². The van der Waals surface area contributed by atoms with Gasteiger partial charge in [0.25, 0.3) is 0 Å². The lowest BCUT2D eigenvalue weighted by Crippen LogP contribution is -2.37. The Balaban J connectivity index is 1.22. The third kappa shape index (κ3) is 27.2. The molecule has 3 aromatic heterocycles. The van der Waals surface area contributed by atoms with E-state index in [1.165, 1.54) is 245 Å². The number of hydrogen-bond acceptors (Lipinski definition) is 0. The molecule has 702 valence electrons. The summed E-state index contributed by atoms with van der Waals surface area (Å²) in [6.07, 6.45) is 37.4. The molecule has 0 unspecified atom stereocenters. The van der Waals surface area contributed by atoms with Crippen molar-refractivity contribution in [3.05, 3.63) is 249 Å². The largest absolute Gasteiger partial charge is 0.340 e. The smallest absolute Gasteiger partial charge is 0.0775 e. The van der Waals surface area contributed by atoms with Crippen molar-refractivity contribution >= 4 is 145 Å². The SMILES string of the molecule is CCCCCCCCCCCCn1c2cc(C#Cc3ccc([Si](C)(C)C)cc3)c(C#Cc3ccc([Si](C)(C)C)cc3)cc2c2c1c1c3ccc(C#Cc4ccc([Si](C)(C)C)cc4)c(C#Cc4ccc([Si](C)(C)C)cc4)c3n(CCCCCCCCCCCC)c1c1c3cc(C#Cc4ccc([Si](C)(C)C)cc4)c(C#Cc4ccc([Si](C)(C)C)cc4)cc3n(CCCCCCCCCCCC)c21. The Kier molecular flexibility index (Phi) is 35.8. The summed E-state index contributed by atoms with van der Waals surface area (Å²) < 4.78 is 8.47. The molecule has 135 heavy (non-hydrogen) atoms. The molecule has 13 aromatic rings. The van der Waals surface area contributed by atoms with Crippen molar-refractivity contribution in [1.29, 1.82) is 0 Å². The molecule has 0 saturated heterocycles. The van der Waals surface area contributed by atoms with Gasteiger partial charge >= 0.3 is 0 Å². The van der Waals surface area contributed by atoms with Crippen LogP contribution in [0.3, 0.4) is 0 Å². The van der Waals surface area contributed by atoms with Crippen molar-refractivity contribution < 1.29 is 0 Å². The van der Waals surface area contributed by atoms with Crippen LogP contribution in [0.5, 0.6) is 0 Å². The summed E-state index contributed by atoms with van der Waals surface area (Å²) in [7, 11) is -9.66. The standard InChI is InChI=1S/C126H159N3Si6/c1-22-25-28-31-34-37-40-43-46-49-90-127-118-95-106(73-55-100-63-82-111(83-64-100)133(13,14)15)104(71-53-98-59-78-109(79-60-98)131(7,8)9)93-116(118)121-124(127)120-115-89-75-103(70-52-97-57-76-108(77-58-97)130(4,5)6)114(88-69-102-67-86-113(87-68-102)135(19,20)21)123(115)129(92-51-48-45-42-39-36-33-30-27-24-3)126(120)122-117-94-105(72-54-99-61-80-110(81-62-99)132(10,11)12)107(74-56-101-65-84-112(85-66-101)134(16,17)18)96-119(117)128(125(121)122)91-50-47-44-41-38-35-32-29-26-23-2/h57-68,75-87,89,93-96H,22-51,90-92H2,1-21H3. The van der Waals surface area contributed by atoms with Gasteiger partial charge in [-0.3, -0.25) is 0 Å². The molecular weight excluding hydrogens is 1720 g/mol. The van der Waals surface area contributed by atoms with Gasteiger partial charge in [-0.15, -0.1) is 0 Å². The fraction of sp³-hybridized carbons (Fsp3) is 0.429. The van der Waals surface area contributed by atoms with Crippen LogP contribution in [0.1, 0.15) is 280 Å². The number of fused-ring (bicyclic) bond motifs is 12. The highest BCUT2D eigenvalue weighted by Gasteiger charge is 2.32. The van der Waals surface area contributed by atoms with E-state index in [1.54, 1.807) is 0 Å². The first kappa shape index (κ1) is 103. The first-order valence-electron chi connectivity index (χ1n) is 52.6. The molecule has 0 amide bonds. The van der Waals surface area contributed by atoms with Gasteiger partial charge in [-0.2, -0.15) is 0 Å². The molecule has 0 spiro atoms. The molecule has 9 heteroatoms. The summed E-state index contributed by atoms with van der Waals surface area (Å²) in [6, 6.07) is 70.1. The second-order valence-corrected chi connectivity index (χ2v) is 75.8. The van der Waals surface area contributed by atoms with Crippen LogP contribution in [0.4, 0.5) is 0 Å². The fourth-order valence-electron chi connectivity index (χ4n) is 19.5. The third-order valence-corrected chi connectivity index (χ3v) is 40.5. The third-order valence-electron chi connectivity index (χ3n) is 28.1. The van der Waals surface area contributed by atoms with Gasteiger partial charge in [-0.1, -0.05) is 493 Å². The summed E-state index contributed by atoms with van der Waals surface area (Å²) in [5, 5.41) is 16.0. The maximum atomic E-state index is 4.11. The number of rotatable bonds is 39. The molecule has 0 saturated carbocycles. The van der Waals surface area contributed by atoms with Crippen LogP contribution in [-0.2, 0) is 19.6 Å². The molecule has 3 nitrogen and oxygen atoms in total. The molecule has 10 aromatic carbocycles. The second-order valence-electron chi connectivity index (χ2n) is 45.3. The maximum Gasteiger partial charge on any atom is 0.0775 e. The monoisotopic (exact) mass is 1880 g/mol. The highest BCUT2D eigenvalue weighted by molar-refractivity contribution is 6.91. The number of aromatic nitrogens is 3. The van der Waals surface area contributed by atoms with Crippen LogP contribution in [-0.4, -0.2) is 62.1 Å². The van der Waals surface area contributed by atoms with Gasteiger partial charge in [0.15, 0.2) is 0 Å². The first-order chi connectivity index (χ1) is 64.7. The summed E-state index contributed by atoms with van der Waals surface area (Å²) in [6.45, 7) is 53.3. The van der Waals surface area contributed by atoms with Crippen LogP contribution in [0, 0.1) is 71.0 Å². The molecule has 0 atom stereocenters. The molecular formula is C126H159N3Si6. The lowest BCUT2D eigenvalue weighted by atomic mass is 9.97. The Morgan fingerprint density at radius 3 is 0.644 bits per heavy atom. The van der Waals surface area contributed by atoms with Crippen LogP contribution in [0.2, 0.25) is 118 Å². The summed E-state index contributed by atoms with van der Waals surface area (Å²) in [5.74, 6) is 46.9. The molecule has 0 aliphatic rings. The Bertz CT molecular complexity index is 6570. The fourth-order valence-corrected chi connectivity index (χ4v) is 26.5. The van der Waals surface area contributed by atoms with Gasteiger partial charge in [0.2, 0.25) is 0 Å². The number of benzene rings is 10. The van der Waals surface area contributed by atoms with Gasteiger partial charge in [-0.25, -0.2) is 0 Å². The number of hydrogen-bond donors (Lipinski definition) is 0. The molecule has 3 heterocycles. The summed E-state index contributed by atoms with van der Waals surface area (Å²) in [5.41, 5.74) is 19.1. The van der Waals surface area contributed by atoms with Crippen LogP contribution < -0.4 is 31.1 Å². The highest BCUT2D eigenvalue weighted by atomic mass is 28.3. The topological polar surface area (TPSA) is 14.8 Å². The average molecular weight is 1880 g/mol. The average Bonchev–Trinajstić information content (AvgIpc) is 1.50. The quantitative estimate of drug-likeness (QED) is 0.0207. The maximum absolute atomic E-state index is 4.11. The summed E-state index contributed by atoms with van der Waals surface area (Å²) in [4.78, 5) is 0. The van der Waals surface area contributed by atoms with Crippen molar-refractivity contribution in [2.24, 2.45) is 0 Å². The van der Waals surface area contributed by atoms with Crippen LogP contribution in [0.25, 0.3) is 65.4 Å². The molecule has 0 aliphatic heterocycles. The number of aryl methyl sites for hydroxylation is 3. The lowest BCUT2D eigenvalue weighted by Gasteiger charge is -2.16. The van der Waals surface area contributed by atoms with Gasteiger partial charge in [0, 0.05) is 113 Å². The van der Waals surface area contributed by atoms with E-state index in [0.29, 0.717) is 0 Å². The normalized spacial score (nSPS) is 12.1. The predicted molar refractivity (Wildman–Crippen MR) is 613 cm³/mol. The van der Waals surface area contributed by atoms with Crippen LogP contribution >= 0.6 is 0 Å². The van der Waals surface area contributed by atoms with E-state index in [0.717, 1.165) is 130 Å². The molecule has 0 N–H and O–H groups in total. The zero-order chi connectivity index (χ0) is 96.1. The van der Waals surface area contributed by atoms with E-state index in [1.807, 2.05) is 0 Å². The minimum atomic E-state index is -1.64. The van der Waals surface area contributed by atoms with E-state index in [-0.39, 0.29) is 0 Å².